The molecule has 7 heteroatoms. The summed E-state index contributed by atoms with van der Waals surface area (Å²) in [6.07, 6.45) is -0.240. The van der Waals surface area contributed by atoms with Crippen LogP contribution in [0, 0.1) is 0 Å². The van der Waals surface area contributed by atoms with Gasteiger partial charge in [-0.2, -0.15) is 0 Å². The molecule has 0 unspecified atom stereocenters. The van der Waals surface area contributed by atoms with E-state index in [4.69, 9.17) is 10.5 Å². The number of rotatable bonds is 4. The number of primary amides is 1. The van der Waals surface area contributed by atoms with E-state index in [1.807, 2.05) is 35.7 Å². The molecular weight excluding hydrogens is 326 g/mol. The van der Waals surface area contributed by atoms with Gasteiger partial charge >= 0.3 is 0 Å². The normalized spacial score (nSPS) is 20.8. The van der Waals surface area contributed by atoms with Gasteiger partial charge in [-0.25, -0.2) is 4.98 Å². The Hall–Kier alpha value is -2.25. The summed E-state index contributed by atoms with van der Waals surface area (Å²) in [7, 11) is 0. The van der Waals surface area contributed by atoms with Crippen LogP contribution in [0.4, 0.5) is 0 Å². The standard InChI is InChI=1S/C17H19N3O3S/c1-11-15(16(18)22)20(7-8-23-11)14(21)9-13-10-24-17(19-13)12-5-3-2-4-6-12/h2-6,10-11,15H,7-9H2,1H3,(H2,18,22)/t11-,15+/m1/s1. The molecule has 24 heavy (non-hydrogen) atoms. The minimum absolute atomic E-state index is 0.153. The van der Waals surface area contributed by atoms with Crippen LogP contribution in [0.3, 0.4) is 0 Å². The smallest absolute Gasteiger partial charge is 0.242 e. The fourth-order valence-electron chi connectivity index (χ4n) is 2.84. The van der Waals surface area contributed by atoms with Crippen molar-refractivity contribution < 1.29 is 14.3 Å². The van der Waals surface area contributed by atoms with Gasteiger partial charge in [0.1, 0.15) is 11.0 Å². The number of nitrogens with zero attached hydrogens (tertiary/aromatic N) is 2. The number of carbonyl (C=O) groups is 2. The maximum absolute atomic E-state index is 12.6. The molecule has 0 radical (unpaired) electrons. The lowest BCUT2D eigenvalue weighted by Crippen LogP contribution is -2.58. The third-order valence-electron chi connectivity index (χ3n) is 4.01. The lowest BCUT2D eigenvalue weighted by molar-refractivity contribution is -0.152. The van der Waals surface area contributed by atoms with E-state index in [1.54, 1.807) is 6.92 Å². The van der Waals surface area contributed by atoms with Crippen molar-refractivity contribution in [3.05, 3.63) is 41.4 Å². The van der Waals surface area contributed by atoms with Crippen LogP contribution in [-0.4, -0.2) is 47.0 Å². The molecule has 2 amide bonds. The van der Waals surface area contributed by atoms with Crippen molar-refractivity contribution in [3.63, 3.8) is 0 Å². The second kappa shape index (κ2) is 7.11. The van der Waals surface area contributed by atoms with Crippen LogP contribution in [0.15, 0.2) is 35.7 Å². The van der Waals surface area contributed by atoms with Crippen molar-refractivity contribution in [2.45, 2.75) is 25.5 Å². The van der Waals surface area contributed by atoms with Crippen molar-refractivity contribution in [3.8, 4) is 10.6 Å². The monoisotopic (exact) mass is 345 g/mol. The summed E-state index contributed by atoms with van der Waals surface area (Å²) in [5, 5.41) is 2.75. The van der Waals surface area contributed by atoms with Crippen LogP contribution in [-0.2, 0) is 20.7 Å². The molecule has 1 aromatic heterocycles. The van der Waals surface area contributed by atoms with Crippen LogP contribution >= 0.6 is 11.3 Å². The molecule has 0 aliphatic carbocycles. The summed E-state index contributed by atoms with van der Waals surface area (Å²) in [6.45, 7) is 2.53. The van der Waals surface area contributed by atoms with E-state index >= 15 is 0 Å². The number of aromatic nitrogens is 1. The van der Waals surface area contributed by atoms with Crippen molar-refractivity contribution in [1.82, 2.24) is 9.88 Å². The number of morpholine rings is 1. The topological polar surface area (TPSA) is 85.5 Å². The third-order valence-corrected chi connectivity index (χ3v) is 4.95. The van der Waals surface area contributed by atoms with Crippen molar-refractivity contribution in [2.24, 2.45) is 5.73 Å². The number of hydrogen-bond acceptors (Lipinski definition) is 5. The van der Waals surface area contributed by atoms with Crippen LogP contribution in [0.25, 0.3) is 10.6 Å². The zero-order valence-electron chi connectivity index (χ0n) is 13.3. The number of benzene rings is 1. The van der Waals surface area contributed by atoms with Gasteiger partial charge in [0.15, 0.2) is 0 Å². The summed E-state index contributed by atoms with van der Waals surface area (Å²) in [5.74, 6) is -0.697. The first kappa shape index (κ1) is 16.6. The fraction of sp³-hybridized carbons (Fsp3) is 0.353. The molecular formula is C17H19N3O3S. The van der Waals surface area contributed by atoms with Gasteiger partial charge in [0, 0.05) is 17.5 Å². The molecule has 6 nitrogen and oxygen atoms in total. The molecule has 2 atom stereocenters. The van der Waals surface area contributed by atoms with Gasteiger partial charge in [-0.3, -0.25) is 9.59 Å². The first-order valence-corrected chi connectivity index (χ1v) is 8.64. The van der Waals surface area contributed by atoms with Gasteiger partial charge in [-0.05, 0) is 6.92 Å². The molecule has 2 aromatic rings. The Morgan fingerprint density at radius 3 is 2.83 bits per heavy atom. The summed E-state index contributed by atoms with van der Waals surface area (Å²) < 4.78 is 5.44. The number of hydrogen-bond donors (Lipinski definition) is 1. The van der Waals surface area contributed by atoms with E-state index < -0.39 is 18.1 Å². The molecule has 0 saturated carbocycles. The Kier molecular flexibility index (Phi) is 4.92. The molecule has 2 N–H and O–H groups in total. The quantitative estimate of drug-likeness (QED) is 0.909. The van der Waals surface area contributed by atoms with Crippen molar-refractivity contribution >= 4 is 23.2 Å². The molecule has 2 heterocycles. The molecule has 126 valence electrons. The molecule has 1 aromatic carbocycles. The molecule has 1 fully saturated rings. The van der Waals surface area contributed by atoms with E-state index in [2.05, 4.69) is 4.98 Å². The molecule has 1 saturated heterocycles. The highest BCUT2D eigenvalue weighted by atomic mass is 32.1. The SMILES string of the molecule is C[C@H]1OCCN(C(=O)Cc2csc(-c3ccccc3)n2)[C@@H]1C(N)=O. The zero-order valence-corrected chi connectivity index (χ0v) is 14.2. The average Bonchev–Trinajstić information content (AvgIpc) is 3.03. The predicted molar refractivity (Wildman–Crippen MR) is 91.4 cm³/mol. The Morgan fingerprint density at radius 2 is 2.12 bits per heavy atom. The van der Waals surface area contributed by atoms with Gasteiger partial charge in [-0.15, -0.1) is 11.3 Å². The van der Waals surface area contributed by atoms with Crippen LogP contribution in [0.1, 0.15) is 12.6 Å². The second-order valence-electron chi connectivity index (χ2n) is 5.70. The average molecular weight is 345 g/mol. The van der Waals surface area contributed by atoms with Gasteiger partial charge < -0.3 is 15.4 Å². The Balaban J connectivity index is 1.73. The number of thiazole rings is 1. The van der Waals surface area contributed by atoms with E-state index in [1.165, 1.54) is 16.2 Å². The van der Waals surface area contributed by atoms with Crippen LogP contribution < -0.4 is 5.73 Å². The third kappa shape index (κ3) is 3.47. The molecule has 1 aliphatic heterocycles. The van der Waals surface area contributed by atoms with Gasteiger partial charge in [0.25, 0.3) is 0 Å². The highest BCUT2D eigenvalue weighted by Crippen LogP contribution is 2.24. The van der Waals surface area contributed by atoms with Crippen LogP contribution in [0.2, 0.25) is 0 Å². The summed E-state index contributed by atoms with van der Waals surface area (Å²) in [6, 6.07) is 9.10. The highest BCUT2D eigenvalue weighted by molar-refractivity contribution is 7.13. The molecule has 3 rings (SSSR count). The summed E-state index contributed by atoms with van der Waals surface area (Å²) >= 11 is 1.50. The van der Waals surface area contributed by atoms with E-state index in [9.17, 15) is 9.59 Å². The highest BCUT2D eigenvalue weighted by Gasteiger charge is 2.36. The number of nitrogens with two attached hydrogens (primary N) is 1. The first-order chi connectivity index (χ1) is 11.6. The lowest BCUT2D eigenvalue weighted by Gasteiger charge is -2.37. The molecule has 0 bridgehead atoms. The Labute approximate surface area is 144 Å². The second-order valence-corrected chi connectivity index (χ2v) is 6.56. The number of ether oxygens (including phenoxy) is 1. The number of carbonyl (C=O) groups excluding carboxylic acids is 2. The minimum atomic E-state index is -0.724. The summed E-state index contributed by atoms with van der Waals surface area (Å²) in [5.41, 5.74) is 7.16. The lowest BCUT2D eigenvalue weighted by atomic mass is 10.1. The van der Waals surface area contributed by atoms with Crippen LogP contribution in [0.5, 0.6) is 0 Å². The Morgan fingerprint density at radius 1 is 1.38 bits per heavy atom. The van der Waals surface area contributed by atoms with Gasteiger partial charge in [-0.1, -0.05) is 30.3 Å². The van der Waals surface area contributed by atoms with Gasteiger partial charge in [0.05, 0.1) is 24.8 Å². The maximum Gasteiger partial charge on any atom is 0.242 e. The van der Waals surface area contributed by atoms with E-state index in [0.717, 1.165) is 10.6 Å². The van der Waals surface area contributed by atoms with Crippen molar-refractivity contribution in [1.29, 1.82) is 0 Å². The van der Waals surface area contributed by atoms with E-state index in [0.29, 0.717) is 18.8 Å². The molecule has 0 spiro atoms. The minimum Gasteiger partial charge on any atom is -0.374 e. The van der Waals surface area contributed by atoms with Crippen molar-refractivity contribution in [2.75, 3.05) is 13.2 Å². The summed E-state index contributed by atoms with van der Waals surface area (Å²) in [4.78, 5) is 30.3. The maximum atomic E-state index is 12.6. The fourth-order valence-corrected chi connectivity index (χ4v) is 3.67. The number of amides is 2. The van der Waals surface area contributed by atoms with E-state index in [-0.39, 0.29) is 12.3 Å². The Bertz CT molecular complexity index is 732. The largest absolute Gasteiger partial charge is 0.374 e. The molecule has 1 aliphatic rings. The zero-order chi connectivity index (χ0) is 17.1. The van der Waals surface area contributed by atoms with Gasteiger partial charge in [0.2, 0.25) is 11.8 Å². The predicted octanol–water partition coefficient (Wildman–Crippen LogP) is 1.45. The first-order valence-electron chi connectivity index (χ1n) is 7.76.